The Hall–Kier alpha value is -1.85. The Labute approximate surface area is 131 Å². The van der Waals surface area contributed by atoms with Crippen LogP contribution in [-0.4, -0.2) is 57.3 Å². The van der Waals surface area contributed by atoms with Crippen LogP contribution in [0.15, 0.2) is 18.7 Å². The minimum absolute atomic E-state index is 0.107. The van der Waals surface area contributed by atoms with E-state index in [1.807, 2.05) is 27.5 Å². The summed E-state index contributed by atoms with van der Waals surface area (Å²) >= 11 is 0. The van der Waals surface area contributed by atoms with Crippen LogP contribution in [-0.2, 0) is 9.59 Å². The van der Waals surface area contributed by atoms with Crippen LogP contribution in [0.4, 0.5) is 0 Å². The van der Waals surface area contributed by atoms with Crippen molar-refractivity contribution in [3.8, 4) is 0 Å². The van der Waals surface area contributed by atoms with E-state index in [0.29, 0.717) is 19.0 Å². The van der Waals surface area contributed by atoms with Gasteiger partial charge in [-0.15, -0.1) is 0 Å². The van der Waals surface area contributed by atoms with E-state index >= 15 is 0 Å². The number of hydrogen-bond acceptors (Lipinski definition) is 3. The second-order valence-electron chi connectivity index (χ2n) is 6.32. The molecule has 2 aliphatic rings. The highest BCUT2D eigenvalue weighted by Crippen LogP contribution is 2.28. The predicted molar refractivity (Wildman–Crippen MR) is 82.1 cm³/mol. The number of amides is 2. The molecule has 6 heteroatoms. The van der Waals surface area contributed by atoms with Gasteiger partial charge >= 0.3 is 0 Å². The number of nitrogens with zero attached hydrogens (tertiary/aromatic N) is 4. The molecule has 1 unspecified atom stereocenters. The van der Waals surface area contributed by atoms with E-state index in [2.05, 4.69) is 4.98 Å². The maximum absolute atomic E-state index is 12.6. The number of hydrogen-bond donors (Lipinski definition) is 0. The molecule has 1 saturated heterocycles. The fraction of sp³-hybridized carbons (Fsp3) is 0.688. The minimum atomic E-state index is -0.239. The molecule has 120 valence electrons. The van der Waals surface area contributed by atoms with Crippen molar-refractivity contribution in [1.82, 2.24) is 19.4 Å². The third-order valence-corrected chi connectivity index (χ3v) is 4.90. The molecule has 1 aromatic heterocycles. The first-order chi connectivity index (χ1) is 10.7. The number of carbonyl (C=O) groups is 2. The molecule has 0 spiro atoms. The van der Waals surface area contributed by atoms with Crippen molar-refractivity contribution in [2.24, 2.45) is 5.92 Å². The first kappa shape index (κ1) is 15.1. The molecule has 1 aliphatic carbocycles. The summed E-state index contributed by atoms with van der Waals surface area (Å²) in [6, 6.07) is -0.239. The highest BCUT2D eigenvalue weighted by atomic mass is 16.2. The van der Waals surface area contributed by atoms with Gasteiger partial charge in [0.1, 0.15) is 6.04 Å². The number of carbonyl (C=O) groups excluding carboxylic acids is 2. The van der Waals surface area contributed by atoms with Crippen LogP contribution in [0.2, 0.25) is 0 Å². The van der Waals surface area contributed by atoms with Crippen molar-refractivity contribution in [3.05, 3.63) is 18.7 Å². The Bertz CT molecular complexity index is 524. The van der Waals surface area contributed by atoms with Gasteiger partial charge in [-0.25, -0.2) is 4.98 Å². The smallest absolute Gasteiger partial charge is 0.245 e. The molecule has 1 aliphatic heterocycles. The highest BCUT2D eigenvalue weighted by molar-refractivity contribution is 5.81. The van der Waals surface area contributed by atoms with Crippen molar-refractivity contribution < 1.29 is 9.59 Å². The van der Waals surface area contributed by atoms with Crippen LogP contribution in [0.3, 0.4) is 0 Å². The van der Waals surface area contributed by atoms with Gasteiger partial charge < -0.3 is 14.4 Å². The molecule has 22 heavy (non-hydrogen) atoms. The Kier molecular flexibility index (Phi) is 4.45. The van der Waals surface area contributed by atoms with Crippen molar-refractivity contribution in [3.63, 3.8) is 0 Å². The summed E-state index contributed by atoms with van der Waals surface area (Å²) in [6.45, 7) is 4.70. The topological polar surface area (TPSA) is 58.4 Å². The monoisotopic (exact) mass is 304 g/mol. The molecular formula is C16H24N4O2. The second-order valence-corrected chi connectivity index (χ2v) is 6.32. The summed E-state index contributed by atoms with van der Waals surface area (Å²) in [7, 11) is 0. The lowest BCUT2D eigenvalue weighted by atomic mass is 9.84. The maximum Gasteiger partial charge on any atom is 0.245 e. The van der Waals surface area contributed by atoms with Crippen molar-refractivity contribution in [2.75, 3.05) is 26.2 Å². The van der Waals surface area contributed by atoms with E-state index in [4.69, 9.17) is 0 Å². The third-order valence-electron chi connectivity index (χ3n) is 4.90. The maximum atomic E-state index is 12.6. The molecule has 0 N–H and O–H groups in total. The first-order valence-corrected chi connectivity index (χ1v) is 8.22. The fourth-order valence-corrected chi connectivity index (χ4v) is 3.16. The highest BCUT2D eigenvalue weighted by Gasteiger charge is 2.31. The number of aromatic nitrogens is 2. The van der Waals surface area contributed by atoms with Crippen LogP contribution >= 0.6 is 0 Å². The van der Waals surface area contributed by atoms with Crippen LogP contribution in [0.25, 0.3) is 0 Å². The van der Waals surface area contributed by atoms with Gasteiger partial charge in [0.25, 0.3) is 0 Å². The summed E-state index contributed by atoms with van der Waals surface area (Å²) in [4.78, 5) is 32.8. The molecule has 6 nitrogen and oxygen atoms in total. The SMILES string of the molecule is CC(C(=O)N1CCCN(C(=O)C2CCC2)CC1)n1ccnc1. The zero-order valence-electron chi connectivity index (χ0n) is 13.1. The van der Waals surface area contributed by atoms with Gasteiger partial charge in [0.05, 0.1) is 6.33 Å². The summed E-state index contributed by atoms with van der Waals surface area (Å²) in [6.07, 6.45) is 9.29. The quantitative estimate of drug-likeness (QED) is 0.846. The third kappa shape index (κ3) is 3.00. The van der Waals surface area contributed by atoms with Gasteiger partial charge in [-0.1, -0.05) is 6.42 Å². The van der Waals surface area contributed by atoms with Crippen molar-refractivity contribution >= 4 is 11.8 Å². The Morgan fingerprint density at radius 3 is 2.45 bits per heavy atom. The molecule has 0 bridgehead atoms. The van der Waals surface area contributed by atoms with E-state index < -0.39 is 0 Å². The summed E-state index contributed by atoms with van der Waals surface area (Å²) in [5, 5.41) is 0. The first-order valence-electron chi connectivity index (χ1n) is 8.22. The average Bonchev–Trinajstić information content (AvgIpc) is 2.88. The summed E-state index contributed by atoms with van der Waals surface area (Å²) in [5.74, 6) is 0.645. The van der Waals surface area contributed by atoms with Crippen LogP contribution in [0, 0.1) is 5.92 Å². The summed E-state index contributed by atoms with van der Waals surface area (Å²) < 4.78 is 1.82. The lowest BCUT2D eigenvalue weighted by Crippen LogP contribution is -2.42. The summed E-state index contributed by atoms with van der Waals surface area (Å²) in [5.41, 5.74) is 0. The van der Waals surface area contributed by atoms with Gasteiger partial charge in [-0.2, -0.15) is 0 Å². The lowest BCUT2D eigenvalue weighted by molar-refractivity contribution is -0.139. The van der Waals surface area contributed by atoms with E-state index in [9.17, 15) is 9.59 Å². The molecule has 1 saturated carbocycles. The van der Waals surface area contributed by atoms with E-state index in [0.717, 1.165) is 32.4 Å². The van der Waals surface area contributed by atoms with Gasteiger partial charge in [-0.05, 0) is 26.2 Å². The van der Waals surface area contributed by atoms with Crippen molar-refractivity contribution in [1.29, 1.82) is 0 Å². The molecule has 2 amide bonds. The normalized spacial score (nSPS) is 21.1. The van der Waals surface area contributed by atoms with Crippen LogP contribution in [0.1, 0.15) is 38.6 Å². The van der Waals surface area contributed by atoms with Gasteiger partial charge in [0, 0.05) is 44.5 Å². The fourth-order valence-electron chi connectivity index (χ4n) is 3.16. The zero-order valence-corrected chi connectivity index (χ0v) is 13.1. The largest absolute Gasteiger partial charge is 0.341 e. The molecule has 1 aromatic rings. The molecular weight excluding hydrogens is 280 g/mol. The van der Waals surface area contributed by atoms with Crippen LogP contribution < -0.4 is 0 Å². The lowest BCUT2D eigenvalue weighted by Gasteiger charge is -2.31. The number of rotatable bonds is 3. The van der Waals surface area contributed by atoms with Gasteiger partial charge in [0.15, 0.2) is 0 Å². The number of imidazole rings is 1. The molecule has 1 atom stereocenters. The standard InChI is InChI=1S/C16H24N4O2/c1-13(20-9-6-17-12-20)15(21)18-7-3-8-19(11-10-18)16(22)14-4-2-5-14/h6,9,12-14H,2-5,7-8,10-11H2,1H3. The second kappa shape index (κ2) is 6.50. The van der Waals surface area contributed by atoms with E-state index in [-0.39, 0.29) is 17.9 Å². The van der Waals surface area contributed by atoms with Crippen molar-refractivity contribution in [2.45, 2.75) is 38.6 Å². The predicted octanol–water partition coefficient (Wildman–Crippen LogP) is 1.31. The van der Waals surface area contributed by atoms with Gasteiger partial charge in [0.2, 0.25) is 11.8 Å². The Morgan fingerprint density at radius 2 is 1.82 bits per heavy atom. The molecule has 3 rings (SSSR count). The molecule has 0 radical (unpaired) electrons. The molecule has 2 heterocycles. The molecule has 2 fully saturated rings. The molecule has 0 aromatic carbocycles. The van der Waals surface area contributed by atoms with Gasteiger partial charge in [-0.3, -0.25) is 9.59 Å². The minimum Gasteiger partial charge on any atom is -0.341 e. The average molecular weight is 304 g/mol. The Morgan fingerprint density at radius 1 is 1.09 bits per heavy atom. The van der Waals surface area contributed by atoms with E-state index in [1.165, 1.54) is 6.42 Å². The van der Waals surface area contributed by atoms with E-state index in [1.54, 1.807) is 12.5 Å². The Balaban J connectivity index is 1.57. The van der Waals surface area contributed by atoms with Crippen LogP contribution in [0.5, 0.6) is 0 Å². The zero-order chi connectivity index (χ0) is 15.5.